The topological polar surface area (TPSA) is 75.1 Å². The van der Waals surface area contributed by atoms with Crippen LogP contribution in [0.1, 0.15) is 10.4 Å². The van der Waals surface area contributed by atoms with E-state index in [-0.39, 0.29) is 11.4 Å². The zero-order chi connectivity index (χ0) is 16.2. The number of carbonyl (C=O) groups is 1. The third kappa shape index (κ3) is 3.49. The summed E-state index contributed by atoms with van der Waals surface area (Å²) in [7, 11) is 0. The first-order chi connectivity index (χ1) is 11.1. The monoisotopic (exact) mass is 309 g/mol. The van der Waals surface area contributed by atoms with Gasteiger partial charge < -0.3 is 10.4 Å². The standard InChI is InChI=1S/C17H12FN3O2/c18-13-5-1-3-11(9-13)15-7-8-16(21-20-15)19-14-6-2-4-12(10-14)17(22)23/h1-10H,(H,19,21)(H,22,23). The lowest BCUT2D eigenvalue weighted by Gasteiger charge is -2.06. The van der Waals surface area contributed by atoms with Crippen LogP contribution in [0.3, 0.4) is 0 Å². The van der Waals surface area contributed by atoms with Crippen molar-refractivity contribution in [2.75, 3.05) is 5.32 Å². The first-order valence-corrected chi connectivity index (χ1v) is 6.82. The highest BCUT2D eigenvalue weighted by Crippen LogP contribution is 2.20. The number of carboxylic acids is 1. The molecule has 6 heteroatoms. The van der Waals surface area contributed by atoms with E-state index >= 15 is 0 Å². The second-order valence-corrected chi connectivity index (χ2v) is 4.83. The number of nitrogens with one attached hydrogen (secondary N) is 1. The molecule has 0 aliphatic carbocycles. The lowest BCUT2D eigenvalue weighted by molar-refractivity contribution is 0.0697. The molecule has 0 unspecified atom stereocenters. The molecule has 0 radical (unpaired) electrons. The van der Waals surface area contributed by atoms with Crippen LogP contribution in [0.2, 0.25) is 0 Å². The summed E-state index contributed by atoms with van der Waals surface area (Å²) in [5.41, 5.74) is 1.96. The van der Waals surface area contributed by atoms with Crippen molar-refractivity contribution in [2.24, 2.45) is 0 Å². The van der Waals surface area contributed by atoms with Gasteiger partial charge in [0.05, 0.1) is 11.3 Å². The molecular formula is C17H12FN3O2. The number of halogens is 1. The highest BCUT2D eigenvalue weighted by molar-refractivity contribution is 5.89. The Morgan fingerprint density at radius 1 is 1.00 bits per heavy atom. The van der Waals surface area contributed by atoms with Crippen molar-refractivity contribution in [1.82, 2.24) is 10.2 Å². The highest BCUT2D eigenvalue weighted by atomic mass is 19.1. The van der Waals surface area contributed by atoms with Crippen molar-refractivity contribution < 1.29 is 14.3 Å². The molecule has 0 saturated heterocycles. The molecule has 3 rings (SSSR count). The van der Waals surface area contributed by atoms with Crippen LogP contribution in [-0.4, -0.2) is 21.3 Å². The molecule has 1 heterocycles. The van der Waals surface area contributed by atoms with Crippen LogP contribution in [0.4, 0.5) is 15.9 Å². The van der Waals surface area contributed by atoms with Gasteiger partial charge in [-0.3, -0.25) is 0 Å². The van der Waals surface area contributed by atoms with Crippen LogP contribution in [0, 0.1) is 5.82 Å². The minimum atomic E-state index is -0.999. The summed E-state index contributed by atoms with van der Waals surface area (Å²) in [4.78, 5) is 10.9. The fourth-order valence-corrected chi connectivity index (χ4v) is 2.08. The van der Waals surface area contributed by atoms with Crippen molar-refractivity contribution in [3.8, 4) is 11.3 Å². The summed E-state index contributed by atoms with van der Waals surface area (Å²) in [6.45, 7) is 0. The highest BCUT2D eigenvalue weighted by Gasteiger charge is 2.05. The van der Waals surface area contributed by atoms with E-state index in [1.807, 2.05) is 0 Å². The Labute approximate surface area is 131 Å². The third-order valence-corrected chi connectivity index (χ3v) is 3.17. The molecule has 0 atom stereocenters. The van der Waals surface area contributed by atoms with E-state index in [9.17, 15) is 9.18 Å². The van der Waals surface area contributed by atoms with Crippen molar-refractivity contribution in [3.63, 3.8) is 0 Å². The van der Waals surface area contributed by atoms with Crippen LogP contribution in [0.5, 0.6) is 0 Å². The first kappa shape index (κ1) is 14.6. The third-order valence-electron chi connectivity index (χ3n) is 3.17. The number of aromatic nitrogens is 2. The average molecular weight is 309 g/mol. The van der Waals surface area contributed by atoms with E-state index in [4.69, 9.17) is 5.11 Å². The summed E-state index contributed by atoms with van der Waals surface area (Å²) in [6.07, 6.45) is 0. The van der Waals surface area contributed by atoms with Gasteiger partial charge in [0.15, 0.2) is 5.82 Å². The van der Waals surface area contributed by atoms with E-state index in [1.165, 1.54) is 24.3 Å². The number of aromatic carboxylic acids is 1. The minimum Gasteiger partial charge on any atom is -0.478 e. The summed E-state index contributed by atoms with van der Waals surface area (Å²) < 4.78 is 13.2. The van der Waals surface area contributed by atoms with Gasteiger partial charge in [0.1, 0.15) is 5.82 Å². The van der Waals surface area contributed by atoms with Crippen LogP contribution in [-0.2, 0) is 0 Å². The molecule has 1 aromatic heterocycles. The van der Waals surface area contributed by atoms with Gasteiger partial charge in [-0.05, 0) is 42.5 Å². The van der Waals surface area contributed by atoms with Gasteiger partial charge in [0, 0.05) is 11.3 Å². The summed E-state index contributed by atoms with van der Waals surface area (Å²) >= 11 is 0. The molecule has 0 saturated carbocycles. The van der Waals surface area contributed by atoms with E-state index in [0.29, 0.717) is 22.8 Å². The first-order valence-electron chi connectivity index (χ1n) is 6.82. The molecule has 114 valence electrons. The summed E-state index contributed by atoms with van der Waals surface area (Å²) in [5, 5.41) is 20.0. The van der Waals surface area contributed by atoms with Gasteiger partial charge in [-0.2, -0.15) is 0 Å². The minimum absolute atomic E-state index is 0.180. The number of rotatable bonds is 4. The van der Waals surface area contributed by atoms with Crippen molar-refractivity contribution in [2.45, 2.75) is 0 Å². The average Bonchev–Trinajstić information content (AvgIpc) is 2.56. The Bertz CT molecular complexity index is 850. The van der Waals surface area contributed by atoms with Gasteiger partial charge in [0.2, 0.25) is 0 Å². The van der Waals surface area contributed by atoms with E-state index in [2.05, 4.69) is 15.5 Å². The van der Waals surface area contributed by atoms with Crippen molar-refractivity contribution >= 4 is 17.5 Å². The maximum absolute atomic E-state index is 13.2. The molecular weight excluding hydrogens is 297 g/mol. The molecule has 3 aromatic rings. The zero-order valence-electron chi connectivity index (χ0n) is 11.9. The van der Waals surface area contributed by atoms with Gasteiger partial charge in [0.25, 0.3) is 0 Å². The number of hydrogen-bond acceptors (Lipinski definition) is 4. The predicted molar refractivity (Wildman–Crippen MR) is 84.1 cm³/mol. The predicted octanol–water partition coefficient (Wildman–Crippen LogP) is 3.72. The Morgan fingerprint density at radius 2 is 1.83 bits per heavy atom. The SMILES string of the molecule is O=C(O)c1cccc(Nc2ccc(-c3cccc(F)c3)nn2)c1. The lowest BCUT2D eigenvalue weighted by atomic mass is 10.1. The molecule has 0 amide bonds. The maximum atomic E-state index is 13.2. The Balaban J connectivity index is 1.80. The second-order valence-electron chi connectivity index (χ2n) is 4.83. The van der Waals surface area contributed by atoms with E-state index < -0.39 is 5.97 Å². The Hall–Kier alpha value is -3.28. The van der Waals surface area contributed by atoms with Gasteiger partial charge in [-0.1, -0.05) is 18.2 Å². The fourth-order valence-electron chi connectivity index (χ4n) is 2.08. The smallest absolute Gasteiger partial charge is 0.335 e. The fraction of sp³-hybridized carbons (Fsp3) is 0. The largest absolute Gasteiger partial charge is 0.478 e. The van der Waals surface area contributed by atoms with Crippen LogP contribution < -0.4 is 5.32 Å². The van der Waals surface area contributed by atoms with Gasteiger partial charge >= 0.3 is 5.97 Å². The van der Waals surface area contributed by atoms with Crippen molar-refractivity contribution in [1.29, 1.82) is 0 Å². The number of benzene rings is 2. The quantitative estimate of drug-likeness (QED) is 0.768. The number of nitrogens with zero attached hydrogens (tertiary/aromatic N) is 2. The molecule has 0 aliphatic rings. The van der Waals surface area contributed by atoms with Crippen LogP contribution in [0.15, 0.2) is 60.7 Å². The Morgan fingerprint density at radius 3 is 2.52 bits per heavy atom. The molecule has 0 spiro atoms. The number of anilines is 2. The van der Waals surface area contributed by atoms with Gasteiger partial charge in [-0.15, -0.1) is 10.2 Å². The van der Waals surface area contributed by atoms with Gasteiger partial charge in [-0.25, -0.2) is 9.18 Å². The van der Waals surface area contributed by atoms with E-state index in [0.717, 1.165) is 0 Å². The second kappa shape index (κ2) is 6.23. The molecule has 5 nitrogen and oxygen atoms in total. The molecule has 2 aromatic carbocycles. The van der Waals surface area contributed by atoms with Crippen molar-refractivity contribution in [3.05, 3.63) is 72.0 Å². The maximum Gasteiger partial charge on any atom is 0.335 e. The molecule has 0 aliphatic heterocycles. The number of carboxylic acid groups (broad SMARTS) is 1. The molecule has 2 N–H and O–H groups in total. The Kier molecular flexibility index (Phi) is 3.97. The molecule has 0 fully saturated rings. The number of hydrogen-bond donors (Lipinski definition) is 2. The normalized spacial score (nSPS) is 10.3. The molecule has 23 heavy (non-hydrogen) atoms. The van der Waals surface area contributed by atoms with E-state index in [1.54, 1.807) is 36.4 Å². The lowest BCUT2D eigenvalue weighted by Crippen LogP contribution is -1.99. The summed E-state index contributed by atoms with van der Waals surface area (Å²) in [5.74, 6) is -0.870. The van der Waals surface area contributed by atoms with Crippen LogP contribution >= 0.6 is 0 Å². The van der Waals surface area contributed by atoms with Crippen LogP contribution in [0.25, 0.3) is 11.3 Å². The molecule has 0 bridgehead atoms. The zero-order valence-corrected chi connectivity index (χ0v) is 11.9. The summed E-state index contributed by atoms with van der Waals surface area (Å²) in [6, 6.07) is 15.9.